The van der Waals surface area contributed by atoms with Gasteiger partial charge in [0.25, 0.3) is 0 Å². The van der Waals surface area contributed by atoms with Gasteiger partial charge in [-0.3, -0.25) is 9.59 Å². The number of esters is 2. The van der Waals surface area contributed by atoms with Crippen LogP contribution < -0.4 is 29.6 Å². The molecule has 1 aliphatic rings. The second-order valence-corrected chi connectivity index (χ2v) is 9.51. The number of rotatable bonds is 12. The van der Waals surface area contributed by atoms with Gasteiger partial charge >= 0.3 is 41.5 Å². The van der Waals surface area contributed by atoms with E-state index >= 15 is 0 Å². The molecule has 1 heterocycles. The molecule has 0 aromatic carbocycles. The molecule has 0 bridgehead atoms. The van der Waals surface area contributed by atoms with Crippen LogP contribution in [-0.2, 0) is 29.2 Å². The predicted molar refractivity (Wildman–Crippen MR) is 104 cm³/mol. The average Bonchev–Trinajstić information content (AvgIpc) is 2.63. The van der Waals surface area contributed by atoms with Gasteiger partial charge < -0.3 is 14.0 Å². The Hall–Kier alpha value is -0.150. The molecule has 0 aromatic heterocycles. The van der Waals surface area contributed by atoms with Crippen LogP contribution in [0.4, 0.5) is 0 Å². The molecule has 1 fully saturated rings. The van der Waals surface area contributed by atoms with Crippen LogP contribution in [0.2, 0.25) is 0 Å². The van der Waals surface area contributed by atoms with Gasteiger partial charge in [-0.05, 0) is 18.8 Å². The molecule has 9 heteroatoms. The summed E-state index contributed by atoms with van der Waals surface area (Å²) in [6.45, 7) is 7.64. The minimum Gasteiger partial charge on any atom is -0.745 e. The Morgan fingerprint density at radius 3 is 2.41 bits per heavy atom. The van der Waals surface area contributed by atoms with Crippen molar-refractivity contribution in [1.82, 2.24) is 0 Å². The minimum absolute atomic E-state index is 0. The van der Waals surface area contributed by atoms with Crippen molar-refractivity contribution in [2.24, 2.45) is 17.3 Å². The molecular weight excluding hydrogens is 407 g/mol. The molecule has 0 saturated carbocycles. The van der Waals surface area contributed by atoms with E-state index in [1.165, 1.54) is 0 Å². The van der Waals surface area contributed by atoms with E-state index in [1.807, 2.05) is 13.8 Å². The summed E-state index contributed by atoms with van der Waals surface area (Å²) in [7, 11) is -4.81. The number of hydrogen-bond acceptors (Lipinski definition) is 7. The Balaban J connectivity index is 0.00000784. The fourth-order valence-corrected chi connectivity index (χ4v) is 4.89. The first-order valence-corrected chi connectivity index (χ1v) is 11.9. The number of carbonyl (C=O) groups excluding carboxylic acids is 2. The summed E-state index contributed by atoms with van der Waals surface area (Å²) < 4.78 is 45.1. The molecule has 1 saturated heterocycles. The topological polar surface area (TPSA) is 110 Å². The van der Waals surface area contributed by atoms with E-state index < -0.39 is 32.9 Å². The molecule has 0 aliphatic carbocycles. The monoisotopic (exact) mass is 442 g/mol. The van der Waals surface area contributed by atoms with Crippen LogP contribution in [0.3, 0.4) is 0 Å². The Labute approximate surface area is 197 Å². The van der Waals surface area contributed by atoms with E-state index in [2.05, 4.69) is 6.92 Å². The molecule has 0 spiro atoms. The molecule has 0 amide bonds. The number of unbranched alkanes of at least 4 members (excludes halogenated alkanes) is 2. The molecule has 0 aromatic rings. The Bertz CT molecular complexity index is 622. The van der Waals surface area contributed by atoms with Gasteiger partial charge in [0.05, 0.1) is 13.0 Å². The summed E-state index contributed by atoms with van der Waals surface area (Å²) in [4.78, 5) is 24.4. The van der Waals surface area contributed by atoms with Crippen LogP contribution in [0.15, 0.2) is 0 Å². The maximum atomic E-state index is 12.4. The molecule has 0 N–H and O–H groups in total. The molecule has 1 rings (SSSR count). The number of carbonyl (C=O) groups is 2. The fraction of sp³-hybridized carbons (Fsp3) is 0.900. The largest absolute Gasteiger partial charge is 1.00 e. The van der Waals surface area contributed by atoms with Crippen molar-refractivity contribution in [3.05, 3.63) is 0 Å². The van der Waals surface area contributed by atoms with Crippen LogP contribution in [0.25, 0.3) is 0 Å². The fourth-order valence-electron chi connectivity index (χ4n) is 3.88. The third-order valence-corrected chi connectivity index (χ3v) is 7.02. The third-order valence-electron chi connectivity index (χ3n) is 5.95. The molecule has 1 aliphatic heterocycles. The Morgan fingerprint density at radius 1 is 1.28 bits per heavy atom. The molecule has 0 radical (unpaired) electrons. The van der Waals surface area contributed by atoms with Crippen LogP contribution >= 0.6 is 0 Å². The first kappa shape index (κ1) is 28.9. The van der Waals surface area contributed by atoms with E-state index in [9.17, 15) is 22.6 Å². The summed E-state index contributed by atoms with van der Waals surface area (Å²) in [5.41, 5.74) is -2.63. The smallest absolute Gasteiger partial charge is 0.745 e. The van der Waals surface area contributed by atoms with E-state index in [0.29, 0.717) is 12.8 Å². The van der Waals surface area contributed by atoms with Gasteiger partial charge in [0.2, 0.25) is 0 Å². The van der Waals surface area contributed by atoms with Crippen LogP contribution in [0.5, 0.6) is 0 Å². The van der Waals surface area contributed by atoms with Crippen LogP contribution in [-0.4, -0.2) is 37.0 Å². The maximum Gasteiger partial charge on any atom is 1.00 e. The summed E-state index contributed by atoms with van der Waals surface area (Å²) >= 11 is 0. The van der Waals surface area contributed by atoms with Crippen molar-refractivity contribution < 1.29 is 61.6 Å². The van der Waals surface area contributed by atoms with Gasteiger partial charge in [-0.2, -0.15) is 0 Å². The first-order valence-electron chi connectivity index (χ1n) is 10.4. The Kier molecular flexibility index (Phi) is 13.2. The molecular formula is C20H35NaO7S. The van der Waals surface area contributed by atoms with Gasteiger partial charge in [-0.15, -0.1) is 0 Å². The number of ether oxygens (including phenoxy) is 2. The van der Waals surface area contributed by atoms with E-state index in [1.54, 1.807) is 6.92 Å². The summed E-state index contributed by atoms with van der Waals surface area (Å²) in [6.07, 6.45) is 6.28. The number of cyclic esters (lactones) is 1. The zero-order valence-electron chi connectivity index (χ0n) is 18.6. The summed E-state index contributed by atoms with van der Waals surface area (Å²) in [5, 5.41) is 0. The zero-order valence-corrected chi connectivity index (χ0v) is 21.4. The van der Waals surface area contributed by atoms with Gasteiger partial charge in [-0.25, -0.2) is 8.42 Å². The Morgan fingerprint density at radius 2 is 1.90 bits per heavy atom. The van der Waals surface area contributed by atoms with E-state index in [-0.39, 0.29) is 54.5 Å². The van der Waals surface area contributed by atoms with Gasteiger partial charge in [0, 0.05) is 17.8 Å². The molecule has 164 valence electrons. The van der Waals surface area contributed by atoms with Crippen molar-refractivity contribution in [3.63, 3.8) is 0 Å². The van der Waals surface area contributed by atoms with Crippen LogP contribution in [0.1, 0.15) is 85.5 Å². The SMILES string of the molecule is CCCCC(CC)CC(=O)OCC1(CCCC)CC(=O)OC(S(=O)(=O)[O-])C1C.[Na+]. The van der Waals surface area contributed by atoms with Gasteiger partial charge in [-0.1, -0.05) is 59.8 Å². The normalized spacial score (nSPS) is 25.6. The quantitative estimate of drug-likeness (QED) is 0.249. The maximum absolute atomic E-state index is 12.4. The van der Waals surface area contributed by atoms with Crippen molar-refractivity contribution >= 4 is 22.1 Å². The van der Waals surface area contributed by atoms with Crippen molar-refractivity contribution in [1.29, 1.82) is 0 Å². The summed E-state index contributed by atoms with van der Waals surface area (Å²) in [6, 6.07) is 0. The van der Waals surface area contributed by atoms with Gasteiger partial charge in [0.1, 0.15) is 10.1 Å². The average molecular weight is 443 g/mol. The van der Waals surface area contributed by atoms with E-state index in [0.717, 1.165) is 38.5 Å². The molecule has 7 nitrogen and oxygen atoms in total. The van der Waals surface area contributed by atoms with Crippen molar-refractivity contribution in [2.75, 3.05) is 6.61 Å². The second-order valence-electron chi connectivity index (χ2n) is 8.06. The third kappa shape index (κ3) is 8.85. The zero-order chi connectivity index (χ0) is 21.4. The molecule has 29 heavy (non-hydrogen) atoms. The summed E-state index contributed by atoms with van der Waals surface area (Å²) in [5.74, 6) is -1.56. The van der Waals surface area contributed by atoms with Gasteiger partial charge in [0.15, 0.2) is 5.44 Å². The van der Waals surface area contributed by atoms with Crippen molar-refractivity contribution in [3.8, 4) is 0 Å². The van der Waals surface area contributed by atoms with Crippen LogP contribution in [0, 0.1) is 17.3 Å². The first-order chi connectivity index (χ1) is 13.1. The molecule has 4 atom stereocenters. The molecule has 4 unspecified atom stereocenters. The predicted octanol–water partition coefficient (Wildman–Crippen LogP) is 0.771. The van der Waals surface area contributed by atoms with E-state index in [4.69, 9.17) is 9.47 Å². The number of hydrogen-bond donors (Lipinski definition) is 0. The van der Waals surface area contributed by atoms with Crippen molar-refractivity contribution in [2.45, 2.75) is 90.9 Å². The standard InChI is InChI=1S/C20H36O7S.Na/c1-5-8-10-16(7-3)12-17(21)26-14-20(11-9-6-2)13-18(22)27-19(15(20)4)28(23,24)25;/h15-16,19H,5-14H2,1-4H3,(H,23,24,25);/q;+1/p-1. The minimum atomic E-state index is -4.81. The second kappa shape index (κ2) is 13.3.